The molecule has 3 N–H and O–H groups in total. The number of carbonyl (C=O) groups is 2. The number of aliphatic hydroxyl groups is 2. The maximum Gasteiger partial charge on any atom is 0.305 e. The summed E-state index contributed by atoms with van der Waals surface area (Å²) in [6.07, 6.45) is 53.2. The van der Waals surface area contributed by atoms with Crippen LogP contribution in [0.4, 0.5) is 0 Å². The second-order valence-electron chi connectivity index (χ2n) is 17.5. The van der Waals surface area contributed by atoms with Gasteiger partial charge in [-0.3, -0.25) is 9.59 Å². The van der Waals surface area contributed by atoms with Crippen molar-refractivity contribution < 1.29 is 24.5 Å². The molecule has 2 unspecified atom stereocenters. The van der Waals surface area contributed by atoms with Crippen molar-refractivity contribution in [2.75, 3.05) is 13.2 Å². The zero-order chi connectivity index (χ0) is 41.5. The number of esters is 1. The highest BCUT2D eigenvalue weighted by Crippen LogP contribution is 2.16. The van der Waals surface area contributed by atoms with Gasteiger partial charge in [-0.15, -0.1) is 0 Å². The average Bonchev–Trinajstić information content (AvgIpc) is 3.21. The van der Waals surface area contributed by atoms with Crippen LogP contribution < -0.4 is 5.32 Å². The lowest BCUT2D eigenvalue weighted by Gasteiger charge is -2.22. The first-order valence-corrected chi connectivity index (χ1v) is 25.4. The quantitative estimate of drug-likeness (QED) is 0.0323. The Bertz CT molecular complexity index is 847. The molecular weight excluding hydrogens is 707 g/mol. The molecular formula is C51H99NO5. The number of ether oxygens (including phenoxy) is 1. The first-order chi connectivity index (χ1) is 28.0. The Morgan fingerprint density at radius 1 is 0.474 bits per heavy atom. The highest BCUT2D eigenvalue weighted by molar-refractivity contribution is 5.76. The third-order valence-corrected chi connectivity index (χ3v) is 11.8. The van der Waals surface area contributed by atoms with Gasteiger partial charge in [0.25, 0.3) is 0 Å². The Labute approximate surface area is 355 Å². The molecule has 57 heavy (non-hydrogen) atoms. The molecule has 0 aliphatic rings. The molecule has 0 spiro atoms. The predicted octanol–water partition coefficient (Wildman–Crippen LogP) is 15.0. The van der Waals surface area contributed by atoms with Gasteiger partial charge < -0.3 is 20.3 Å². The molecule has 0 aromatic heterocycles. The van der Waals surface area contributed by atoms with Crippen molar-refractivity contribution in [3.63, 3.8) is 0 Å². The number of hydrogen-bond donors (Lipinski definition) is 3. The first kappa shape index (κ1) is 55.6. The summed E-state index contributed by atoms with van der Waals surface area (Å²) < 4.78 is 5.46. The minimum atomic E-state index is -0.677. The molecule has 6 nitrogen and oxygen atoms in total. The van der Waals surface area contributed by atoms with Gasteiger partial charge in [-0.1, -0.05) is 225 Å². The van der Waals surface area contributed by atoms with Gasteiger partial charge in [0.2, 0.25) is 5.91 Å². The summed E-state index contributed by atoms with van der Waals surface area (Å²) in [5, 5.41) is 23.1. The number of nitrogens with one attached hydrogen (secondary N) is 1. The van der Waals surface area contributed by atoms with Crippen molar-refractivity contribution in [3.05, 3.63) is 12.2 Å². The fraction of sp³-hybridized carbons (Fsp3) is 0.922. The number of hydrogen-bond acceptors (Lipinski definition) is 5. The second kappa shape index (κ2) is 47.3. The zero-order valence-corrected chi connectivity index (χ0v) is 38.3. The molecule has 0 saturated carbocycles. The van der Waals surface area contributed by atoms with E-state index >= 15 is 0 Å². The molecule has 0 radical (unpaired) electrons. The summed E-state index contributed by atoms with van der Waals surface area (Å²) in [6.45, 7) is 4.90. The second-order valence-corrected chi connectivity index (χ2v) is 17.5. The minimum absolute atomic E-state index is 0.0217. The van der Waals surface area contributed by atoms with E-state index in [9.17, 15) is 19.8 Å². The van der Waals surface area contributed by atoms with Crippen LogP contribution in [0.15, 0.2) is 12.2 Å². The third kappa shape index (κ3) is 44.0. The van der Waals surface area contributed by atoms with Crippen molar-refractivity contribution in [2.45, 2.75) is 289 Å². The molecule has 0 aliphatic carbocycles. The summed E-state index contributed by atoms with van der Waals surface area (Å²) in [4.78, 5) is 24.5. The van der Waals surface area contributed by atoms with Gasteiger partial charge in [0, 0.05) is 12.8 Å². The minimum Gasteiger partial charge on any atom is -0.466 e. The molecule has 0 aromatic rings. The topological polar surface area (TPSA) is 95.9 Å². The van der Waals surface area contributed by atoms with E-state index in [1.165, 1.54) is 186 Å². The lowest BCUT2D eigenvalue weighted by Crippen LogP contribution is -2.45. The number of rotatable bonds is 47. The van der Waals surface area contributed by atoms with Gasteiger partial charge in [-0.2, -0.15) is 0 Å². The molecule has 1 amide bonds. The van der Waals surface area contributed by atoms with Gasteiger partial charge in [-0.25, -0.2) is 0 Å². The van der Waals surface area contributed by atoms with E-state index in [0.717, 1.165) is 57.8 Å². The lowest BCUT2D eigenvalue weighted by molar-refractivity contribution is -0.143. The number of carbonyl (C=O) groups excluding carboxylic acids is 2. The maximum atomic E-state index is 12.4. The van der Waals surface area contributed by atoms with E-state index in [-0.39, 0.29) is 18.5 Å². The molecule has 0 bridgehead atoms. The highest BCUT2D eigenvalue weighted by atomic mass is 16.5. The first-order valence-electron chi connectivity index (χ1n) is 25.4. The third-order valence-electron chi connectivity index (χ3n) is 11.8. The van der Waals surface area contributed by atoms with Gasteiger partial charge >= 0.3 is 5.97 Å². The Balaban J connectivity index is 3.45. The molecule has 0 rings (SSSR count). The van der Waals surface area contributed by atoms with Gasteiger partial charge in [-0.05, 0) is 51.4 Å². The summed E-state index contributed by atoms with van der Waals surface area (Å²) in [6, 6.07) is -0.556. The smallest absolute Gasteiger partial charge is 0.305 e. The van der Waals surface area contributed by atoms with Crippen LogP contribution in [0.1, 0.15) is 277 Å². The molecule has 6 heteroatoms. The summed E-state index contributed by atoms with van der Waals surface area (Å²) >= 11 is 0. The van der Waals surface area contributed by atoms with Crippen molar-refractivity contribution in [3.8, 4) is 0 Å². The van der Waals surface area contributed by atoms with E-state index in [1.807, 2.05) is 0 Å². The normalized spacial score (nSPS) is 12.7. The van der Waals surface area contributed by atoms with Crippen molar-refractivity contribution >= 4 is 11.9 Å². The van der Waals surface area contributed by atoms with Crippen molar-refractivity contribution in [2.24, 2.45) is 0 Å². The van der Waals surface area contributed by atoms with Crippen LogP contribution in [0.25, 0.3) is 0 Å². The summed E-state index contributed by atoms with van der Waals surface area (Å²) in [5.74, 6) is -0.0796. The Hall–Kier alpha value is -1.40. The lowest BCUT2D eigenvalue weighted by atomic mass is 10.0. The highest BCUT2D eigenvalue weighted by Gasteiger charge is 2.20. The monoisotopic (exact) mass is 806 g/mol. The SMILES string of the molecule is CCCCCCCCC/C=C\CCCCCCCCCC(=O)OCCCCCCCCCCCCC(=O)NC(CO)C(O)CCCCCCCCCCCCCC. The van der Waals surface area contributed by atoms with Crippen LogP contribution in [0, 0.1) is 0 Å². The fourth-order valence-corrected chi connectivity index (χ4v) is 7.87. The van der Waals surface area contributed by atoms with E-state index in [1.54, 1.807) is 0 Å². The van der Waals surface area contributed by atoms with Crippen LogP contribution in [-0.4, -0.2) is 47.4 Å². The number of allylic oxidation sites excluding steroid dienone is 2. The fourth-order valence-electron chi connectivity index (χ4n) is 7.87. The van der Waals surface area contributed by atoms with E-state index < -0.39 is 12.1 Å². The summed E-state index contributed by atoms with van der Waals surface area (Å²) in [7, 11) is 0. The number of amides is 1. The number of unbranched alkanes of at least 4 members (excludes halogenated alkanes) is 34. The largest absolute Gasteiger partial charge is 0.466 e. The van der Waals surface area contributed by atoms with Crippen molar-refractivity contribution in [1.82, 2.24) is 5.32 Å². The Morgan fingerprint density at radius 3 is 1.25 bits per heavy atom. The van der Waals surface area contributed by atoms with Crippen molar-refractivity contribution in [1.29, 1.82) is 0 Å². The van der Waals surface area contributed by atoms with Gasteiger partial charge in [0.05, 0.1) is 25.4 Å². The number of aliphatic hydroxyl groups excluding tert-OH is 2. The molecule has 2 atom stereocenters. The molecule has 0 fully saturated rings. The van der Waals surface area contributed by atoms with Crippen LogP contribution in [0.3, 0.4) is 0 Å². The van der Waals surface area contributed by atoms with E-state index in [0.29, 0.717) is 25.9 Å². The molecule has 0 saturated heterocycles. The molecule has 0 heterocycles. The van der Waals surface area contributed by atoms with Crippen LogP contribution in [0.5, 0.6) is 0 Å². The Morgan fingerprint density at radius 2 is 0.825 bits per heavy atom. The van der Waals surface area contributed by atoms with Gasteiger partial charge in [0.15, 0.2) is 0 Å². The van der Waals surface area contributed by atoms with Crippen LogP contribution >= 0.6 is 0 Å². The standard InChI is InChI=1S/C51H99NO5/c1-3-5-7-9-11-13-15-17-18-19-20-21-22-24-29-33-37-41-45-51(56)57-46-42-38-34-30-26-25-28-32-36-40-44-50(55)52-48(47-53)49(54)43-39-35-31-27-23-16-14-12-10-8-6-4-2/h18-19,48-49,53-54H,3-17,20-47H2,1-2H3,(H,52,55)/b19-18-. The predicted molar refractivity (Wildman–Crippen MR) is 246 cm³/mol. The average molecular weight is 806 g/mol. The Kier molecular flexibility index (Phi) is 46.1. The maximum absolute atomic E-state index is 12.4. The molecule has 338 valence electrons. The van der Waals surface area contributed by atoms with Crippen LogP contribution in [-0.2, 0) is 14.3 Å². The van der Waals surface area contributed by atoms with Gasteiger partial charge in [0.1, 0.15) is 0 Å². The van der Waals surface area contributed by atoms with E-state index in [2.05, 4.69) is 31.3 Å². The zero-order valence-electron chi connectivity index (χ0n) is 38.3. The molecule has 0 aromatic carbocycles. The molecule has 0 aliphatic heterocycles. The van der Waals surface area contributed by atoms with Crippen LogP contribution in [0.2, 0.25) is 0 Å². The van der Waals surface area contributed by atoms with E-state index in [4.69, 9.17) is 4.74 Å². The summed E-state index contributed by atoms with van der Waals surface area (Å²) in [5.41, 5.74) is 0.